The summed E-state index contributed by atoms with van der Waals surface area (Å²) in [5.41, 5.74) is 3.08. The number of cyclic esters (lactones) is 1. The highest BCUT2D eigenvalue weighted by molar-refractivity contribution is 5.94. The molecule has 0 amide bonds. The molecule has 1 aliphatic rings. The highest BCUT2D eigenvalue weighted by Gasteiger charge is 2.45. The Labute approximate surface area is 212 Å². The van der Waals surface area contributed by atoms with Crippen LogP contribution in [-0.2, 0) is 14.3 Å². The van der Waals surface area contributed by atoms with Crippen LogP contribution in [0.2, 0.25) is 0 Å². The lowest BCUT2D eigenvalue weighted by Gasteiger charge is -2.26. The van der Waals surface area contributed by atoms with E-state index in [-0.39, 0.29) is 24.9 Å². The topological polar surface area (TPSA) is 72.8 Å². The first kappa shape index (κ1) is 29.1. The second-order valence-electron chi connectivity index (χ2n) is 11.0. The molecule has 1 aromatic rings. The number of benzene rings is 1. The van der Waals surface area contributed by atoms with Crippen molar-refractivity contribution in [1.29, 1.82) is 0 Å². The zero-order valence-electron chi connectivity index (χ0n) is 23.1. The van der Waals surface area contributed by atoms with Gasteiger partial charge in [0, 0.05) is 12.0 Å². The molecule has 35 heavy (non-hydrogen) atoms. The average Bonchev–Trinajstić information content (AvgIpc) is 3.14. The fourth-order valence-corrected chi connectivity index (χ4v) is 4.68. The standard InChI is InChI=1S/C30H46O5/c1-9-11-12-22(10-2)13-24-16-30(17-31,35-28(24)32)18-34-29(33)27-25(20(5)6)14-23(19(3)4)15-26(27)21(7)8/h13-15,19-22,31H,9-12,16-18H2,1-8H3/b24-13+. The number of carbonyl (C=O) groups excluding carboxylic acids is 2. The number of allylic oxidation sites excluding steroid dienone is 1. The van der Waals surface area contributed by atoms with E-state index < -0.39 is 24.1 Å². The molecule has 2 unspecified atom stereocenters. The maximum absolute atomic E-state index is 13.4. The minimum atomic E-state index is -1.23. The summed E-state index contributed by atoms with van der Waals surface area (Å²) in [6.45, 7) is 16.3. The van der Waals surface area contributed by atoms with E-state index in [4.69, 9.17) is 9.47 Å². The number of esters is 2. The van der Waals surface area contributed by atoms with Crippen LogP contribution in [0.4, 0.5) is 0 Å². The maximum Gasteiger partial charge on any atom is 0.338 e. The van der Waals surface area contributed by atoms with Gasteiger partial charge >= 0.3 is 11.9 Å². The first-order valence-corrected chi connectivity index (χ1v) is 13.4. The molecule has 0 radical (unpaired) electrons. The van der Waals surface area contributed by atoms with Gasteiger partial charge in [0.05, 0.1) is 12.2 Å². The van der Waals surface area contributed by atoms with E-state index in [9.17, 15) is 14.7 Å². The fourth-order valence-electron chi connectivity index (χ4n) is 4.68. The summed E-state index contributed by atoms with van der Waals surface area (Å²) in [7, 11) is 0. The largest absolute Gasteiger partial charge is 0.458 e. The average molecular weight is 487 g/mol. The molecular weight excluding hydrogens is 440 g/mol. The Morgan fingerprint density at radius 2 is 1.69 bits per heavy atom. The van der Waals surface area contributed by atoms with Crippen molar-refractivity contribution in [2.24, 2.45) is 5.92 Å². The molecule has 0 aromatic heterocycles. The van der Waals surface area contributed by atoms with E-state index in [2.05, 4.69) is 67.5 Å². The Morgan fingerprint density at radius 3 is 2.14 bits per heavy atom. The molecule has 0 aliphatic carbocycles. The zero-order valence-corrected chi connectivity index (χ0v) is 23.1. The molecule has 1 aliphatic heterocycles. The van der Waals surface area contributed by atoms with E-state index in [0.29, 0.717) is 23.0 Å². The molecule has 5 heteroatoms. The van der Waals surface area contributed by atoms with E-state index in [1.54, 1.807) is 0 Å². The van der Waals surface area contributed by atoms with Gasteiger partial charge in [-0.3, -0.25) is 0 Å². The van der Waals surface area contributed by atoms with Crippen molar-refractivity contribution in [3.8, 4) is 0 Å². The third kappa shape index (κ3) is 7.19. The number of aliphatic hydroxyl groups excluding tert-OH is 1. The first-order valence-electron chi connectivity index (χ1n) is 13.4. The Kier molecular flexibility index (Phi) is 10.6. The summed E-state index contributed by atoms with van der Waals surface area (Å²) in [6.07, 6.45) is 6.42. The van der Waals surface area contributed by atoms with E-state index in [1.165, 1.54) is 5.56 Å². The molecule has 2 atom stereocenters. The lowest BCUT2D eigenvalue weighted by Crippen LogP contribution is -2.39. The molecule has 0 saturated carbocycles. The first-order chi connectivity index (χ1) is 16.5. The zero-order chi connectivity index (χ0) is 26.3. The van der Waals surface area contributed by atoms with Gasteiger partial charge in [-0.05, 0) is 53.2 Å². The van der Waals surface area contributed by atoms with Crippen molar-refractivity contribution in [3.63, 3.8) is 0 Å². The Morgan fingerprint density at radius 1 is 1.09 bits per heavy atom. The summed E-state index contributed by atoms with van der Waals surface area (Å²) in [4.78, 5) is 26.1. The molecule has 2 rings (SSSR count). The van der Waals surface area contributed by atoms with Gasteiger partial charge in [-0.25, -0.2) is 9.59 Å². The van der Waals surface area contributed by atoms with Crippen LogP contribution in [0.3, 0.4) is 0 Å². The molecule has 1 N–H and O–H groups in total. The second-order valence-corrected chi connectivity index (χ2v) is 11.0. The Hall–Kier alpha value is -2.14. The lowest BCUT2D eigenvalue weighted by atomic mass is 9.84. The highest BCUT2D eigenvalue weighted by atomic mass is 16.6. The van der Waals surface area contributed by atoms with Crippen molar-refractivity contribution in [2.45, 2.75) is 111 Å². The Balaban J connectivity index is 2.30. The van der Waals surface area contributed by atoms with Crippen molar-refractivity contribution in [3.05, 3.63) is 46.0 Å². The maximum atomic E-state index is 13.4. The second kappa shape index (κ2) is 12.7. The number of rotatable bonds is 12. The molecular formula is C30H46O5. The third-order valence-electron chi connectivity index (χ3n) is 7.06. The van der Waals surface area contributed by atoms with E-state index >= 15 is 0 Å². The van der Waals surface area contributed by atoms with Gasteiger partial charge in [0.2, 0.25) is 0 Å². The summed E-state index contributed by atoms with van der Waals surface area (Å²) < 4.78 is 11.4. The highest BCUT2D eigenvalue weighted by Crippen LogP contribution is 2.35. The van der Waals surface area contributed by atoms with Crippen LogP contribution in [-0.4, -0.2) is 35.9 Å². The number of ether oxygens (including phenoxy) is 2. The predicted octanol–water partition coefficient (Wildman–Crippen LogP) is 7.03. The van der Waals surface area contributed by atoms with Crippen LogP contribution < -0.4 is 0 Å². The van der Waals surface area contributed by atoms with E-state index in [1.807, 2.05) is 6.08 Å². The lowest BCUT2D eigenvalue weighted by molar-refractivity contribution is -0.154. The monoisotopic (exact) mass is 486 g/mol. The van der Waals surface area contributed by atoms with Crippen molar-refractivity contribution in [2.75, 3.05) is 13.2 Å². The summed E-state index contributed by atoms with van der Waals surface area (Å²) >= 11 is 0. The quantitative estimate of drug-likeness (QED) is 0.253. The molecule has 5 nitrogen and oxygen atoms in total. The van der Waals surface area contributed by atoms with Gasteiger partial charge in [-0.1, -0.05) is 86.4 Å². The van der Waals surface area contributed by atoms with Crippen LogP contribution in [0.15, 0.2) is 23.8 Å². The number of carbonyl (C=O) groups is 2. The minimum Gasteiger partial charge on any atom is -0.458 e. The predicted molar refractivity (Wildman–Crippen MR) is 141 cm³/mol. The van der Waals surface area contributed by atoms with Crippen LogP contribution in [0, 0.1) is 5.92 Å². The third-order valence-corrected chi connectivity index (χ3v) is 7.06. The normalized spacial score (nSPS) is 20.2. The van der Waals surface area contributed by atoms with Crippen LogP contribution in [0.1, 0.15) is 132 Å². The summed E-state index contributed by atoms with van der Waals surface area (Å²) in [6, 6.07) is 4.22. The number of aliphatic hydroxyl groups is 1. The van der Waals surface area contributed by atoms with Gasteiger partial charge < -0.3 is 14.6 Å². The molecule has 0 spiro atoms. The molecule has 1 saturated heterocycles. The molecule has 1 fully saturated rings. The van der Waals surface area contributed by atoms with Gasteiger partial charge in [0.25, 0.3) is 0 Å². The number of unbranched alkanes of at least 4 members (excludes halogenated alkanes) is 1. The van der Waals surface area contributed by atoms with Gasteiger partial charge in [-0.2, -0.15) is 0 Å². The number of hydrogen-bond donors (Lipinski definition) is 1. The minimum absolute atomic E-state index is 0.147. The fraction of sp³-hybridized carbons (Fsp3) is 0.667. The van der Waals surface area contributed by atoms with Crippen molar-refractivity contribution >= 4 is 11.9 Å². The molecule has 1 aromatic carbocycles. The van der Waals surface area contributed by atoms with Crippen molar-refractivity contribution in [1.82, 2.24) is 0 Å². The van der Waals surface area contributed by atoms with Crippen LogP contribution >= 0.6 is 0 Å². The molecule has 0 bridgehead atoms. The molecule has 196 valence electrons. The molecule has 1 heterocycles. The van der Waals surface area contributed by atoms with Gasteiger partial charge in [0.1, 0.15) is 6.61 Å². The van der Waals surface area contributed by atoms with Gasteiger partial charge in [0.15, 0.2) is 5.60 Å². The SMILES string of the molecule is CCCCC(/C=C1\CC(CO)(COC(=O)c2c(C(C)C)cc(C(C)C)cc2C(C)C)OC1=O)CC. The van der Waals surface area contributed by atoms with Crippen LogP contribution in [0.5, 0.6) is 0 Å². The summed E-state index contributed by atoms with van der Waals surface area (Å²) in [5.74, 6) is 0.0961. The summed E-state index contributed by atoms with van der Waals surface area (Å²) in [5, 5.41) is 10.2. The van der Waals surface area contributed by atoms with Crippen LogP contribution in [0.25, 0.3) is 0 Å². The van der Waals surface area contributed by atoms with Gasteiger partial charge in [-0.15, -0.1) is 0 Å². The van der Waals surface area contributed by atoms with Crippen molar-refractivity contribution < 1.29 is 24.2 Å². The van der Waals surface area contributed by atoms with E-state index in [0.717, 1.165) is 36.8 Å². The smallest absolute Gasteiger partial charge is 0.338 e. The Bertz CT molecular complexity index is 882. The number of hydrogen-bond acceptors (Lipinski definition) is 5.